The fraction of sp³-hybridized carbons (Fsp3) is 0.524. The van der Waals surface area contributed by atoms with Gasteiger partial charge in [0.1, 0.15) is 12.1 Å². The van der Waals surface area contributed by atoms with Crippen molar-refractivity contribution in [3.63, 3.8) is 0 Å². The number of esters is 1. The smallest absolute Gasteiger partial charge is 0.326 e. The number of aryl methyl sites for hydroxylation is 2. The third-order valence-corrected chi connectivity index (χ3v) is 3.70. The second kappa shape index (κ2) is 9.53. The first-order chi connectivity index (χ1) is 12.0. The van der Waals surface area contributed by atoms with Gasteiger partial charge in [0.15, 0.2) is 0 Å². The molecule has 5 heteroatoms. The molecule has 5 nitrogen and oxygen atoms in total. The first-order valence-corrected chi connectivity index (χ1v) is 8.89. The molecule has 0 aliphatic heterocycles. The maximum Gasteiger partial charge on any atom is 0.326 e. The number of hydrogen-bond acceptors (Lipinski definition) is 4. The molecule has 0 N–H and O–H groups in total. The Morgan fingerprint density at radius 3 is 2.31 bits per heavy atom. The maximum atomic E-state index is 12.6. The van der Waals surface area contributed by atoms with Gasteiger partial charge in [-0.1, -0.05) is 23.8 Å². The third-order valence-electron chi connectivity index (χ3n) is 3.70. The van der Waals surface area contributed by atoms with Crippen molar-refractivity contribution in [3.05, 3.63) is 41.0 Å². The second-order valence-electron chi connectivity index (χ2n) is 7.84. The van der Waals surface area contributed by atoms with Gasteiger partial charge in [0, 0.05) is 19.2 Å². The van der Waals surface area contributed by atoms with Crippen molar-refractivity contribution in [1.82, 2.24) is 9.80 Å². The number of rotatable bonds is 7. The van der Waals surface area contributed by atoms with Crippen molar-refractivity contribution < 1.29 is 14.3 Å². The lowest BCUT2D eigenvalue weighted by Gasteiger charge is -2.25. The SMILES string of the molecule is Cc1ccc(/C=C/C(=O)N(CCN(C)C)CC(=O)OC(C)(C)C)c(C)c1. The van der Waals surface area contributed by atoms with Gasteiger partial charge in [-0.05, 0) is 65.9 Å². The summed E-state index contributed by atoms with van der Waals surface area (Å²) in [7, 11) is 3.86. The Labute approximate surface area is 157 Å². The summed E-state index contributed by atoms with van der Waals surface area (Å²) in [4.78, 5) is 28.2. The van der Waals surface area contributed by atoms with Crippen molar-refractivity contribution in [3.8, 4) is 0 Å². The average Bonchev–Trinajstić information content (AvgIpc) is 2.48. The van der Waals surface area contributed by atoms with Crippen LogP contribution in [0, 0.1) is 13.8 Å². The van der Waals surface area contributed by atoms with Crippen molar-refractivity contribution in [2.24, 2.45) is 0 Å². The highest BCUT2D eigenvalue weighted by molar-refractivity contribution is 5.94. The van der Waals surface area contributed by atoms with E-state index in [4.69, 9.17) is 4.74 Å². The molecule has 1 aromatic carbocycles. The third kappa shape index (κ3) is 8.30. The highest BCUT2D eigenvalue weighted by atomic mass is 16.6. The zero-order valence-corrected chi connectivity index (χ0v) is 17.1. The van der Waals surface area contributed by atoms with E-state index in [2.05, 4.69) is 6.07 Å². The van der Waals surface area contributed by atoms with Gasteiger partial charge in [0.2, 0.25) is 5.91 Å². The van der Waals surface area contributed by atoms with E-state index in [0.717, 1.165) is 11.1 Å². The van der Waals surface area contributed by atoms with Crippen LogP contribution >= 0.6 is 0 Å². The van der Waals surface area contributed by atoms with Gasteiger partial charge in [-0.15, -0.1) is 0 Å². The number of amides is 1. The number of nitrogens with zero attached hydrogens (tertiary/aromatic N) is 2. The first-order valence-electron chi connectivity index (χ1n) is 8.89. The molecular formula is C21H32N2O3. The molecule has 0 aliphatic carbocycles. The van der Waals surface area contributed by atoms with Gasteiger partial charge in [0.25, 0.3) is 0 Å². The van der Waals surface area contributed by atoms with E-state index in [1.54, 1.807) is 6.08 Å². The summed E-state index contributed by atoms with van der Waals surface area (Å²) in [6.07, 6.45) is 3.33. The number of hydrogen-bond donors (Lipinski definition) is 0. The Balaban J connectivity index is 2.85. The van der Waals surface area contributed by atoms with Crippen molar-refractivity contribution >= 4 is 18.0 Å². The van der Waals surface area contributed by atoms with Crippen LogP contribution < -0.4 is 0 Å². The summed E-state index contributed by atoms with van der Waals surface area (Å²) in [5.74, 6) is -0.595. The van der Waals surface area contributed by atoms with Crippen LogP contribution in [0.25, 0.3) is 6.08 Å². The number of carbonyl (C=O) groups is 2. The van der Waals surface area contributed by atoms with E-state index in [1.165, 1.54) is 16.5 Å². The van der Waals surface area contributed by atoms with Gasteiger partial charge in [0.05, 0.1) is 0 Å². The van der Waals surface area contributed by atoms with Gasteiger partial charge < -0.3 is 14.5 Å². The molecule has 0 saturated carbocycles. The quantitative estimate of drug-likeness (QED) is 0.554. The van der Waals surface area contributed by atoms with E-state index in [0.29, 0.717) is 13.1 Å². The Bertz CT molecular complexity index is 658. The van der Waals surface area contributed by atoms with Gasteiger partial charge in [-0.2, -0.15) is 0 Å². The molecule has 26 heavy (non-hydrogen) atoms. The van der Waals surface area contributed by atoms with Crippen LogP contribution in [0.5, 0.6) is 0 Å². The molecule has 1 aromatic rings. The minimum absolute atomic E-state index is 0.0544. The largest absolute Gasteiger partial charge is 0.459 e. The lowest BCUT2D eigenvalue weighted by molar-refractivity contribution is -0.158. The van der Waals surface area contributed by atoms with Crippen LogP contribution in [0.15, 0.2) is 24.3 Å². The number of carbonyl (C=O) groups excluding carboxylic acids is 2. The highest BCUT2D eigenvalue weighted by Crippen LogP contribution is 2.13. The van der Waals surface area contributed by atoms with E-state index >= 15 is 0 Å². The highest BCUT2D eigenvalue weighted by Gasteiger charge is 2.21. The molecule has 0 spiro atoms. The monoisotopic (exact) mass is 360 g/mol. The van der Waals surface area contributed by atoms with E-state index in [1.807, 2.05) is 65.7 Å². The predicted octanol–water partition coefficient (Wildman–Crippen LogP) is 3.05. The number of likely N-dealkylation sites (N-methyl/N-ethyl adjacent to an activating group) is 1. The molecule has 0 radical (unpaired) electrons. The summed E-state index contributed by atoms with van der Waals surface area (Å²) in [5.41, 5.74) is 2.72. The average molecular weight is 360 g/mol. The predicted molar refractivity (Wildman–Crippen MR) is 106 cm³/mol. The van der Waals surface area contributed by atoms with Crippen LogP contribution in [-0.4, -0.2) is 61.0 Å². The molecule has 0 heterocycles. The molecule has 0 aromatic heterocycles. The van der Waals surface area contributed by atoms with Gasteiger partial charge in [-0.25, -0.2) is 0 Å². The standard InChI is InChI=1S/C21H32N2O3/c1-16-8-9-18(17(2)14-16)10-11-19(24)23(13-12-22(6)7)15-20(25)26-21(3,4)5/h8-11,14H,12-13,15H2,1-7H3/b11-10+. The first kappa shape index (κ1) is 21.9. The van der Waals surface area contributed by atoms with Crippen LogP contribution in [0.4, 0.5) is 0 Å². The van der Waals surface area contributed by atoms with Crippen molar-refractivity contribution in [2.75, 3.05) is 33.7 Å². The van der Waals surface area contributed by atoms with Gasteiger partial charge in [-0.3, -0.25) is 9.59 Å². The molecule has 0 aliphatic rings. The molecule has 1 rings (SSSR count). The second-order valence-corrected chi connectivity index (χ2v) is 7.84. The molecule has 0 fully saturated rings. The van der Waals surface area contributed by atoms with E-state index < -0.39 is 11.6 Å². The lowest BCUT2D eigenvalue weighted by atomic mass is 10.1. The fourth-order valence-corrected chi connectivity index (χ4v) is 2.40. The molecule has 0 atom stereocenters. The molecule has 1 amide bonds. The zero-order valence-electron chi connectivity index (χ0n) is 17.1. The van der Waals surface area contributed by atoms with E-state index in [9.17, 15) is 9.59 Å². The van der Waals surface area contributed by atoms with Crippen LogP contribution in [0.2, 0.25) is 0 Å². The molecule has 0 bridgehead atoms. The lowest BCUT2D eigenvalue weighted by Crippen LogP contribution is -2.41. The van der Waals surface area contributed by atoms with Crippen LogP contribution in [-0.2, 0) is 14.3 Å². The zero-order chi connectivity index (χ0) is 19.9. The maximum absolute atomic E-state index is 12.6. The normalized spacial score (nSPS) is 11.8. The Morgan fingerprint density at radius 1 is 1.12 bits per heavy atom. The van der Waals surface area contributed by atoms with E-state index in [-0.39, 0.29) is 12.5 Å². The van der Waals surface area contributed by atoms with Crippen LogP contribution in [0.3, 0.4) is 0 Å². The van der Waals surface area contributed by atoms with Crippen molar-refractivity contribution in [2.45, 2.75) is 40.2 Å². The summed E-state index contributed by atoms with van der Waals surface area (Å²) in [5, 5.41) is 0. The molecule has 144 valence electrons. The molecule has 0 saturated heterocycles. The minimum Gasteiger partial charge on any atom is -0.459 e. The molecular weight excluding hydrogens is 328 g/mol. The fourth-order valence-electron chi connectivity index (χ4n) is 2.40. The number of ether oxygens (including phenoxy) is 1. The Morgan fingerprint density at radius 2 is 1.77 bits per heavy atom. The number of benzene rings is 1. The Kier molecular flexibility index (Phi) is 8.03. The van der Waals surface area contributed by atoms with Gasteiger partial charge >= 0.3 is 5.97 Å². The summed E-state index contributed by atoms with van der Waals surface area (Å²) >= 11 is 0. The Hall–Kier alpha value is -2.14. The molecule has 0 unspecified atom stereocenters. The van der Waals surface area contributed by atoms with Crippen LogP contribution in [0.1, 0.15) is 37.5 Å². The van der Waals surface area contributed by atoms with Crippen molar-refractivity contribution in [1.29, 1.82) is 0 Å². The topological polar surface area (TPSA) is 49.9 Å². The minimum atomic E-state index is -0.567. The summed E-state index contributed by atoms with van der Waals surface area (Å²) < 4.78 is 5.35. The summed E-state index contributed by atoms with van der Waals surface area (Å²) in [6.45, 7) is 10.6. The summed E-state index contributed by atoms with van der Waals surface area (Å²) in [6, 6.07) is 6.09.